The predicted octanol–water partition coefficient (Wildman–Crippen LogP) is 4.20. The number of hydrogen-bond acceptors (Lipinski definition) is 3. The van der Waals surface area contributed by atoms with Gasteiger partial charge < -0.3 is 4.74 Å². The molecule has 0 aromatic heterocycles. The minimum Gasteiger partial charge on any atom is -0.489 e. The third-order valence-electron chi connectivity index (χ3n) is 3.25. The maximum atomic E-state index is 12.2. The van der Waals surface area contributed by atoms with Crippen LogP contribution in [-0.4, -0.2) is 18.2 Å². The molecule has 0 aliphatic heterocycles. The molecule has 0 heterocycles. The highest BCUT2D eigenvalue weighted by atomic mass is 35.5. The van der Waals surface area contributed by atoms with Crippen LogP contribution in [0.2, 0.25) is 5.02 Å². The van der Waals surface area contributed by atoms with E-state index in [-0.39, 0.29) is 22.9 Å². The molecule has 0 saturated heterocycles. The van der Waals surface area contributed by atoms with E-state index in [0.29, 0.717) is 17.2 Å². The van der Waals surface area contributed by atoms with E-state index in [1.807, 2.05) is 0 Å². The van der Waals surface area contributed by atoms with Gasteiger partial charge in [-0.3, -0.25) is 9.59 Å². The predicted molar refractivity (Wildman–Crippen MR) is 78.3 cm³/mol. The van der Waals surface area contributed by atoms with Gasteiger partial charge in [0.15, 0.2) is 11.5 Å². The van der Waals surface area contributed by atoms with E-state index in [1.165, 1.54) is 6.08 Å². The first kappa shape index (κ1) is 14.8. The highest BCUT2D eigenvalue weighted by molar-refractivity contribution is 6.37. The van der Waals surface area contributed by atoms with Crippen molar-refractivity contribution in [3.05, 3.63) is 46.2 Å². The summed E-state index contributed by atoms with van der Waals surface area (Å²) in [5.41, 5.74) is 0.603. The average molecular weight is 293 g/mol. The zero-order chi connectivity index (χ0) is 14.5. The summed E-state index contributed by atoms with van der Waals surface area (Å²) in [5.74, 6) is -0.410. The summed E-state index contributed by atoms with van der Waals surface area (Å²) in [5, 5.41) is 0.305. The van der Waals surface area contributed by atoms with Gasteiger partial charge in [-0.15, -0.1) is 0 Å². The number of ether oxygens (including phenoxy) is 1. The second kappa shape index (κ2) is 6.71. The van der Waals surface area contributed by atoms with E-state index in [2.05, 4.69) is 6.92 Å². The number of fused-ring (bicyclic) bond motifs is 1. The van der Waals surface area contributed by atoms with E-state index in [9.17, 15) is 9.59 Å². The van der Waals surface area contributed by atoms with Gasteiger partial charge in [0.25, 0.3) is 0 Å². The van der Waals surface area contributed by atoms with Crippen LogP contribution in [0.5, 0.6) is 0 Å². The molecule has 3 nitrogen and oxygen atoms in total. The summed E-state index contributed by atoms with van der Waals surface area (Å²) in [7, 11) is 0. The molecule has 0 bridgehead atoms. The lowest BCUT2D eigenvalue weighted by Gasteiger charge is -2.16. The first-order valence-corrected chi connectivity index (χ1v) is 7.25. The van der Waals surface area contributed by atoms with Crippen molar-refractivity contribution in [1.29, 1.82) is 0 Å². The second-order valence-corrected chi connectivity index (χ2v) is 5.18. The average Bonchev–Trinajstić information content (AvgIpc) is 2.43. The molecule has 0 atom stereocenters. The van der Waals surface area contributed by atoms with Gasteiger partial charge in [0, 0.05) is 11.6 Å². The van der Waals surface area contributed by atoms with Crippen molar-refractivity contribution >= 4 is 23.2 Å². The van der Waals surface area contributed by atoms with Crippen LogP contribution in [0.3, 0.4) is 0 Å². The monoisotopic (exact) mass is 292 g/mol. The van der Waals surface area contributed by atoms with E-state index >= 15 is 0 Å². The number of unbranched alkanes of at least 4 members (excludes halogenated alkanes) is 3. The first-order valence-electron chi connectivity index (χ1n) is 6.87. The molecule has 0 radical (unpaired) electrons. The molecule has 4 heteroatoms. The van der Waals surface area contributed by atoms with Crippen molar-refractivity contribution < 1.29 is 14.3 Å². The van der Waals surface area contributed by atoms with Gasteiger partial charge in [0.1, 0.15) is 0 Å². The highest BCUT2D eigenvalue weighted by Crippen LogP contribution is 2.27. The van der Waals surface area contributed by atoms with Crippen molar-refractivity contribution in [1.82, 2.24) is 0 Å². The third-order valence-corrected chi connectivity index (χ3v) is 3.56. The van der Waals surface area contributed by atoms with E-state index in [1.54, 1.807) is 18.2 Å². The quantitative estimate of drug-likeness (QED) is 0.738. The Balaban J connectivity index is 2.07. The molecule has 0 amide bonds. The normalized spacial score (nSPS) is 14.0. The number of Topliss-reactive ketones (excluding diaryl/α,β-unsaturated/α-hetero) is 1. The molecule has 1 aliphatic carbocycles. The Morgan fingerprint density at radius 3 is 2.70 bits per heavy atom. The lowest BCUT2D eigenvalue weighted by molar-refractivity contribution is 0.0879. The number of carbonyl (C=O) groups is 2. The number of halogens is 1. The lowest BCUT2D eigenvalue weighted by Crippen LogP contribution is -2.19. The molecule has 0 N–H and O–H groups in total. The number of benzene rings is 1. The van der Waals surface area contributed by atoms with Gasteiger partial charge in [0.2, 0.25) is 5.78 Å². The number of rotatable bonds is 6. The molecule has 1 aromatic rings. The number of ketones is 2. The molecule has 2 rings (SSSR count). The molecule has 106 valence electrons. The van der Waals surface area contributed by atoms with Crippen LogP contribution in [0.1, 0.15) is 53.3 Å². The van der Waals surface area contributed by atoms with Crippen LogP contribution in [0, 0.1) is 0 Å². The summed E-state index contributed by atoms with van der Waals surface area (Å²) in [6.07, 6.45) is 5.49. The van der Waals surface area contributed by atoms with Gasteiger partial charge in [-0.1, -0.05) is 49.9 Å². The SMILES string of the molecule is CCCCCCOC1=CC(=O)c2c(Cl)cccc2C1=O. The van der Waals surface area contributed by atoms with Gasteiger partial charge in [-0.25, -0.2) is 0 Å². The van der Waals surface area contributed by atoms with Crippen molar-refractivity contribution in [2.75, 3.05) is 6.61 Å². The summed E-state index contributed by atoms with van der Waals surface area (Å²) >= 11 is 5.97. The van der Waals surface area contributed by atoms with Crippen molar-refractivity contribution in [2.24, 2.45) is 0 Å². The second-order valence-electron chi connectivity index (χ2n) is 4.77. The Kier molecular flexibility index (Phi) is 4.96. The van der Waals surface area contributed by atoms with E-state index in [4.69, 9.17) is 16.3 Å². The van der Waals surface area contributed by atoms with Crippen LogP contribution in [0.4, 0.5) is 0 Å². The Morgan fingerprint density at radius 1 is 1.15 bits per heavy atom. The number of hydrogen-bond donors (Lipinski definition) is 0. The van der Waals surface area contributed by atoms with E-state index in [0.717, 1.165) is 25.7 Å². The maximum Gasteiger partial charge on any atom is 0.228 e. The van der Waals surface area contributed by atoms with Crippen molar-refractivity contribution in [3.63, 3.8) is 0 Å². The summed E-state index contributed by atoms with van der Waals surface area (Å²) < 4.78 is 5.46. The Labute approximate surface area is 123 Å². The van der Waals surface area contributed by atoms with Crippen LogP contribution < -0.4 is 0 Å². The fourth-order valence-electron chi connectivity index (χ4n) is 2.17. The summed E-state index contributed by atoms with van der Waals surface area (Å²) in [4.78, 5) is 24.2. The third kappa shape index (κ3) is 3.10. The van der Waals surface area contributed by atoms with Gasteiger partial charge in [-0.2, -0.15) is 0 Å². The van der Waals surface area contributed by atoms with Crippen LogP contribution in [0.25, 0.3) is 0 Å². The molecular formula is C16H17ClO3. The Morgan fingerprint density at radius 2 is 1.95 bits per heavy atom. The Bertz CT molecular complexity index is 561. The van der Waals surface area contributed by atoms with Gasteiger partial charge >= 0.3 is 0 Å². The molecule has 1 aliphatic rings. The molecular weight excluding hydrogens is 276 g/mol. The fourth-order valence-corrected chi connectivity index (χ4v) is 2.44. The van der Waals surface area contributed by atoms with Gasteiger partial charge in [-0.05, 0) is 12.5 Å². The molecule has 0 spiro atoms. The summed E-state index contributed by atoms with van der Waals surface area (Å²) in [6, 6.07) is 4.88. The molecule has 20 heavy (non-hydrogen) atoms. The Hall–Kier alpha value is -1.61. The molecule has 0 fully saturated rings. The molecule has 0 unspecified atom stereocenters. The zero-order valence-corrected chi connectivity index (χ0v) is 12.2. The highest BCUT2D eigenvalue weighted by Gasteiger charge is 2.28. The van der Waals surface area contributed by atoms with Crippen LogP contribution in [-0.2, 0) is 4.74 Å². The standard InChI is InChI=1S/C16H17ClO3/c1-2-3-4-5-9-20-14-10-13(18)15-11(16(14)19)7-6-8-12(15)17/h6-8,10H,2-5,9H2,1H3. The zero-order valence-electron chi connectivity index (χ0n) is 11.4. The van der Waals surface area contributed by atoms with E-state index < -0.39 is 0 Å². The number of carbonyl (C=O) groups excluding carboxylic acids is 2. The summed E-state index contributed by atoms with van der Waals surface area (Å²) in [6.45, 7) is 2.59. The molecule has 1 aromatic carbocycles. The smallest absolute Gasteiger partial charge is 0.228 e. The van der Waals surface area contributed by atoms with Crippen LogP contribution >= 0.6 is 11.6 Å². The topological polar surface area (TPSA) is 43.4 Å². The van der Waals surface area contributed by atoms with Crippen molar-refractivity contribution in [3.8, 4) is 0 Å². The van der Waals surface area contributed by atoms with Gasteiger partial charge in [0.05, 0.1) is 17.2 Å². The minimum atomic E-state index is -0.270. The molecule has 0 saturated carbocycles. The minimum absolute atomic E-state index is 0.126. The fraction of sp³-hybridized carbons (Fsp3) is 0.375. The first-order chi connectivity index (χ1) is 9.65. The lowest BCUT2D eigenvalue weighted by atomic mass is 9.93. The van der Waals surface area contributed by atoms with Crippen LogP contribution in [0.15, 0.2) is 30.0 Å². The largest absolute Gasteiger partial charge is 0.489 e. The maximum absolute atomic E-state index is 12.2. The van der Waals surface area contributed by atoms with Crippen molar-refractivity contribution in [2.45, 2.75) is 32.6 Å². The number of allylic oxidation sites excluding steroid dienone is 2.